The molecule has 27 heavy (non-hydrogen) atoms. The van der Waals surface area contributed by atoms with E-state index in [0.29, 0.717) is 11.1 Å². The lowest BCUT2D eigenvalue weighted by atomic mass is 10.0. The molecule has 0 radical (unpaired) electrons. The van der Waals surface area contributed by atoms with Crippen molar-refractivity contribution in [1.29, 1.82) is 0 Å². The number of amides is 1. The second kappa shape index (κ2) is 6.57. The predicted molar refractivity (Wildman–Crippen MR) is 87.3 cm³/mol. The molecule has 3 rings (SSSR count). The number of carbonyl (C=O) groups excluding carboxylic acids is 1. The molecule has 0 aliphatic carbocycles. The predicted octanol–water partition coefficient (Wildman–Crippen LogP) is 3.70. The van der Waals surface area contributed by atoms with Gasteiger partial charge in [0.05, 0.1) is 6.04 Å². The van der Waals surface area contributed by atoms with E-state index < -0.39 is 18.4 Å². The molecule has 0 bridgehead atoms. The minimum Gasteiger partial charge on any atom is -0.477 e. The molecule has 0 saturated heterocycles. The second-order valence-corrected chi connectivity index (χ2v) is 6.17. The Hall–Kier alpha value is -3.10. The Morgan fingerprint density at radius 3 is 2.63 bits per heavy atom. The fourth-order valence-corrected chi connectivity index (χ4v) is 3.10. The van der Waals surface area contributed by atoms with E-state index in [2.05, 4.69) is 9.72 Å². The van der Waals surface area contributed by atoms with Crippen LogP contribution in [0.2, 0.25) is 0 Å². The smallest absolute Gasteiger partial charge is 0.477 e. The molecule has 1 aliphatic rings. The van der Waals surface area contributed by atoms with E-state index in [1.54, 1.807) is 6.92 Å². The second-order valence-electron chi connectivity index (χ2n) is 6.17. The number of aryl methyl sites for hydroxylation is 1. The monoisotopic (exact) mass is 380 g/mol. The molecular weight excluding hydrogens is 365 g/mol. The molecule has 0 spiro atoms. The molecule has 9 heteroatoms. The summed E-state index contributed by atoms with van der Waals surface area (Å²) in [5.74, 6) is -1.89. The van der Waals surface area contributed by atoms with Crippen LogP contribution < -0.4 is 4.74 Å². The summed E-state index contributed by atoms with van der Waals surface area (Å²) < 4.78 is 41.2. The van der Waals surface area contributed by atoms with Crippen LogP contribution in [0.3, 0.4) is 0 Å². The van der Waals surface area contributed by atoms with Crippen molar-refractivity contribution in [3.05, 3.63) is 58.4 Å². The number of carboxylic acid groups (broad SMARTS) is 1. The maximum Gasteiger partial charge on any atom is 0.573 e. The van der Waals surface area contributed by atoms with Crippen molar-refractivity contribution in [3.8, 4) is 5.75 Å². The topological polar surface area (TPSA) is 79.7 Å². The van der Waals surface area contributed by atoms with Crippen LogP contribution in [0.25, 0.3) is 0 Å². The molecule has 1 amide bonds. The number of hydrogen-bond donors (Lipinski definition) is 1. The Labute approximate surface area is 152 Å². The van der Waals surface area contributed by atoms with Crippen LogP contribution in [-0.4, -0.2) is 33.2 Å². The Kier molecular flexibility index (Phi) is 4.54. The summed E-state index contributed by atoms with van der Waals surface area (Å²) in [6, 6.07) is 5.14. The molecule has 1 atom stereocenters. The van der Waals surface area contributed by atoms with E-state index in [9.17, 15) is 27.9 Å². The van der Waals surface area contributed by atoms with Crippen LogP contribution in [0.4, 0.5) is 13.2 Å². The zero-order valence-electron chi connectivity index (χ0n) is 14.4. The number of carbonyl (C=O) groups is 2. The molecule has 1 unspecified atom stereocenters. The van der Waals surface area contributed by atoms with Crippen LogP contribution in [0, 0.1) is 6.92 Å². The van der Waals surface area contributed by atoms with Gasteiger partial charge < -0.3 is 14.7 Å². The van der Waals surface area contributed by atoms with Gasteiger partial charge in [0.1, 0.15) is 5.75 Å². The van der Waals surface area contributed by atoms with Crippen molar-refractivity contribution >= 4 is 11.9 Å². The summed E-state index contributed by atoms with van der Waals surface area (Å²) in [6.07, 6.45) is -3.52. The van der Waals surface area contributed by atoms with Gasteiger partial charge in [-0.3, -0.25) is 4.79 Å². The third-order valence-corrected chi connectivity index (χ3v) is 4.45. The number of aromatic carboxylic acids is 1. The third kappa shape index (κ3) is 3.57. The maximum absolute atomic E-state index is 12.7. The Balaban J connectivity index is 1.88. The number of alkyl halides is 3. The Morgan fingerprint density at radius 2 is 2.04 bits per heavy atom. The van der Waals surface area contributed by atoms with Gasteiger partial charge in [-0.1, -0.05) is 12.1 Å². The highest BCUT2D eigenvalue weighted by Gasteiger charge is 2.35. The molecule has 0 saturated carbocycles. The van der Waals surface area contributed by atoms with Crippen molar-refractivity contribution in [2.75, 3.05) is 0 Å². The first-order valence-electron chi connectivity index (χ1n) is 7.97. The summed E-state index contributed by atoms with van der Waals surface area (Å²) in [4.78, 5) is 29.2. The van der Waals surface area contributed by atoms with E-state index in [0.717, 1.165) is 0 Å². The third-order valence-electron chi connectivity index (χ3n) is 4.45. The zero-order chi connectivity index (χ0) is 19.9. The van der Waals surface area contributed by atoms with E-state index in [4.69, 9.17) is 0 Å². The number of hydrogen-bond acceptors (Lipinski definition) is 4. The van der Waals surface area contributed by atoms with E-state index in [1.807, 2.05) is 0 Å². The molecule has 1 aromatic carbocycles. The van der Waals surface area contributed by atoms with Gasteiger partial charge in [-0.05, 0) is 37.1 Å². The van der Waals surface area contributed by atoms with Crippen LogP contribution >= 0.6 is 0 Å². The number of ether oxygens (including phenoxy) is 1. The number of carboxylic acids is 1. The quantitative estimate of drug-likeness (QED) is 0.875. The van der Waals surface area contributed by atoms with Gasteiger partial charge >= 0.3 is 12.3 Å². The SMILES string of the molecule is Cc1cc(C(C)N2Cc3c(ccnc3C(=O)O)C2=O)ccc1OC(F)(F)F. The van der Waals surface area contributed by atoms with Gasteiger partial charge in [0.2, 0.25) is 0 Å². The van der Waals surface area contributed by atoms with Crippen molar-refractivity contribution in [1.82, 2.24) is 9.88 Å². The summed E-state index contributed by atoms with van der Waals surface area (Å²) >= 11 is 0. The minimum atomic E-state index is -4.79. The lowest BCUT2D eigenvalue weighted by Crippen LogP contribution is -2.27. The van der Waals surface area contributed by atoms with E-state index in [-0.39, 0.29) is 35.0 Å². The highest BCUT2D eigenvalue weighted by molar-refractivity contribution is 6.01. The molecule has 2 aromatic rings. The van der Waals surface area contributed by atoms with Crippen molar-refractivity contribution in [2.24, 2.45) is 0 Å². The molecule has 1 aromatic heterocycles. The first-order chi connectivity index (χ1) is 12.6. The van der Waals surface area contributed by atoms with Crippen LogP contribution in [0.5, 0.6) is 5.75 Å². The standard InChI is InChI=1S/C18H15F3N2O4/c1-9-7-11(3-4-14(9)27-18(19,20)21)10(2)23-8-13-12(16(23)24)5-6-22-15(13)17(25)26/h3-7,10H,8H2,1-2H3,(H,25,26). The number of rotatable bonds is 4. The van der Waals surface area contributed by atoms with Crippen molar-refractivity contribution in [2.45, 2.75) is 32.8 Å². The average molecular weight is 380 g/mol. The Bertz CT molecular complexity index is 927. The normalized spacial score (nSPS) is 14.9. The van der Waals surface area contributed by atoms with E-state index in [1.165, 1.54) is 42.3 Å². The lowest BCUT2D eigenvalue weighted by Gasteiger charge is -2.25. The molecule has 1 N–H and O–H groups in total. The highest BCUT2D eigenvalue weighted by Crippen LogP contribution is 2.34. The molecule has 0 fully saturated rings. The molecule has 2 heterocycles. The Morgan fingerprint density at radius 1 is 1.33 bits per heavy atom. The summed E-state index contributed by atoms with van der Waals surface area (Å²) in [7, 11) is 0. The minimum absolute atomic E-state index is 0.0602. The van der Waals surface area contributed by atoms with Gasteiger partial charge in [-0.15, -0.1) is 13.2 Å². The average Bonchev–Trinajstić information content (AvgIpc) is 2.92. The molecule has 6 nitrogen and oxygen atoms in total. The summed E-state index contributed by atoms with van der Waals surface area (Å²) in [5, 5.41) is 9.24. The summed E-state index contributed by atoms with van der Waals surface area (Å²) in [6.45, 7) is 3.26. The summed E-state index contributed by atoms with van der Waals surface area (Å²) in [5.41, 5.74) is 1.29. The number of halogens is 3. The van der Waals surface area contributed by atoms with Crippen molar-refractivity contribution < 1.29 is 32.6 Å². The number of nitrogens with zero attached hydrogens (tertiary/aromatic N) is 2. The fraction of sp³-hybridized carbons (Fsp3) is 0.278. The molecule has 142 valence electrons. The highest BCUT2D eigenvalue weighted by atomic mass is 19.4. The van der Waals surface area contributed by atoms with Gasteiger partial charge in [-0.2, -0.15) is 0 Å². The number of benzene rings is 1. The fourth-order valence-electron chi connectivity index (χ4n) is 3.10. The molecular formula is C18H15F3N2O4. The number of aromatic nitrogens is 1. The number of fused-ring (bicyclic) bond motifs is 1. The van der Waals surface area contributed by atoms with Crippen LogP contribution in [-0.2, 0) is 6.54 Å². The van der Waals surface area contributed by atoms with Crippen LogP contribution in [0.15, 0.2) is 30.5 Å². The largest absolute Gasteiger partial charge is 0.573 e. The van der Waals surface area contributed by atoms with Gasteiger partial charge in [0.25, 0.3) is 5.91 Å². The van der Waals surface area contributed by atoms with E-state index >= 15 is 0 Å². The lowest BCUT2D eigenvalue weighted by molar-refractivity contribution is -0.274. The van der Waals surface area contributed by atoms with Gasteiger partial charge in [0, 0.05) is 23.9 Å². The molecule has 1 aliphatic heterocycles. The van der Waals surface area contributed by atoms with Crippen molar-refractivity contribution in [3.63, 3.8) is 0 Å². The van der Waals surface area contributed by atoms with Crippen LogP contribution in [0.1, 0.15) is 50.5 Å². The first-order valence-corrected chi connectivity index (χ1v) is 7.97. The zero-order valence-corrected chi connectivity index (χ0v) is 14.4. The maximum atomic E-state index is 12.7. The van der Waals surface area contributed by atoms with Gasteiger partial charge in [0.15, 0.2) is 5.69 Å². The first kappa shape index (κ1) is 18.7. The van der Waals surface area contributed by atoms with Gasteiger partial charge in [-0.25, -0.2) is 9.78 Å². The number of pyridine rings is 1.